The predicted octanol–water partition coefficient (Wildman–Crippen LogP) is 1.65. The van der Waals surface area contributed by atoms with Crippen molar-refractivity contribution in [2.45, 2.75) is 43.5 Å². The van der Waals surface area contributed by atoms with Crippen molar-refractivity contribution >= 4 is 11.8 Å². The largest absolute Gasteiger partial charge is 0.351 e. The van der Waals surface area contributed by atoms with Crippen LogP contribution in [0.4, 0.5) is 0 Å². The highest BCUT2D eigenvalue weighted by Crippen LogP contribution is 2.51. The van der Waals surface area contributed by atoms with E-state index in [2.05, 4.69) is 5.10 Å². The van der Waals surface area contributed by atoms with Gasteiger partial charge in [0.15, 0.2) is 5.72 Å². The van der Waals surface area contributed by atoms with E-state index in [-0.39, 0.29) is 23.9 Å². The van der Waals surface area contributed by atoms with Crippen LogP contribution in [0.25, 0.3) is 0 Å². The van der Waals surface area contributed by atoms with Crippen molar-refractivity contribution in [3.8, 4) is 0 Å². The minimum absolute atomic E-state index is 0.0665. The Morgan fingerprint density at radius 1 is 1.29 bits per heavy atom. The number of aromatic nitrogens is 2. The molecule has 0 unspecified atom stereocenters. The van der Waals surface area contributed by atoms with Crippen molar-refractivity contribution in [3.05, 3.63) is 53.9 Å². The normalized spacial score (nSPS) is 28.7. The van der Waals surface area contributed by atoms with Crippen LogP contribution in [0.5, 0.6) is 0 Å². The Bertz CT molecular complexity index is 911. The molecule has 1 spiro atoms. The monoisotopic (exact) mass is 380 g/mol. The van der Waals surface area contributed by atoms with Gasteiger partial charge in [-0.2, -0.15) is 5.10 Å². The summed E-state index contributed by atoms with van der Waals surface area (Å²) < 4.78 is 8.07. The van der Waals surface area contributed by atoms with Crippen molar-refractivity contribution in [2.75, 3.05) is 13.2 Å². The number of likely N-dealkylation sites (tertiary alicyclic amines) is 1. The van der Waals surface area contributed by atoms with Crippen LogP contribution in [-0.4, -0.2) is 56.3 Å². The summed E-state index contributed by atoms with van der Waals surface area (Å²) in [5.74, 6) is 0.171. The number of carbonyl (C=O) groups is 2. The SMILES string of the molecule is Cn1nccc1CCC(=O)N1CC[C@@]23OC[C@@H](c4ccccc4)N2C(=O)C[C@@H]13. The summed E-state index contributed by atoms with van der Waals surface area (Å²) in [5, 5.41) is 4.16. The lowest BCUT2D eigenvalue weighted by Crippen LogP contribution is -2.49. The molecule has 3 aliphatic heterocycles. The molecule has 7 nitrogen and oxygen atoms in total. The molecular weight excluding hydrogens is 356 g/mol. The van der Waals surface area contributed by atoms with E-state index in [0.717, 1.165) is 11.3 Å². The molecule has 3 fully saturated rings. The van der Waals surface area contributed by atoms with Crippen LogP contribution in [0.2, 0.25) is 0 Å². The molecule has 3 atom stereocenters. The molecule has 28 heavy (non-hydrogen) atoms. The molecular formula is C21H24N4O3. The molecule has 2 amide bonds. The zero-order valence-corrected chi connectivity index (χ0v) is 16.0. The molecule has 0 saturated carbocycles. The maximum atomic E-state index is 12.9. The predicted molar refractivity (Wildman–Crippen MR) is 101 cm³/mol. The van der Waals surface area contributed by atoms with Gasteiger partial charge >= 0.3 is 0 Å². The standard InChI is InChI=1S/C21H24N4O3/c1-23-16(9-11-22-23)7-8-19(26)24-12-10-21-18(24)13-20(27)25(21)17(14-28-21)15-5-3-2-4-6-15/h2-6,9,11,17-18H,7-8,10,12-14H2,1H3/t17-,18+,21-/m0/s1. The van der Waals surface area contributed by atoms with Gasteiger partial charge in [-0.15, -0.1) is 0 Å². The molecule has 1 aromatic carbocycles. The molecule has 0 aliphatic carbocycles. The average molecular weight is 380 g/mol. The van der Waals surface area contributed by atoms with E-state index in [1.165, 1.54) is 0 Å². The number of hydrogen-bond acceptors (Lipinski definition) is 4. The minimum Gasteiger partial charge on any atom is -0.351 e. The first-order chi connectivity index (χ1) is 13.6. The first-order valence-corrected chi connectivity index (χ1v) is 9.87. The maximum absolute atomic E-state index is 12.9. The van der Waals surface area contributed by atoms with Gasteiger partial charge in [0.05, 0.1) is 25.1 Å². The highest BCUT2D eigenvalue weighted by molar-refractivity contribution is 5.85. The molecule has 0 radical (unpaired) electrons. The van der Waals surface area contributed by atoms with Crippen LogP contribution in [-0.2, 0) is 27.8 Å². The van der Waals surface area contributed by atoms with Gasteiger partial charge in [-0.3, -0.25) is 14.3 Å². The number of benzene rings is 1. The lowest BCUT2D eigenvalue weighted by atomic mass is 10.0. The van der Waals surface area contributed by atoms with Crippen molar-refractivity contribution in [3.63, 3.8) is 0 Å². The fourth-order valence-corrected chi connectivity index (χ4v) is 5.09. The number of rotatable bonds is 4. The molecule has 2 aromatic rings. The topological polar surface area (TPSA) is 67.7 Å². The Hall–Kier alpha value is -2.67. The zero-order valence-electron chi connectivity index (χ0n) is 16.0. The molecule has 0 N–H and O–H groups in total. The quantitative estimate of drug-likeness (QED) is 0.809. The Morgan fingerprint density at radius 3 is 2.86 bits per heavy atom. The average Bonchev–Trinajstić information content (AvgIpc) is 3.43. The van der Waals surface area contributed by atoms with Gasteiger partial charge in [0.2, 0.25) is 11.8 Å². The summed E-state index contributed by atoms with van der Waals surface area (Å²) in [6, 6.07) is 11.7. The number of hydrogen-bond donors (Lipinski definition) is 0. The Balaban J connectivity index is 1.34. The molecule has 7 heteroatoms. The van der Waals surface area contributed by atoms with E-state index in [4.69, 9.17) is 4.74 Å². The summed E-state index contributed by atoms with van der Waals surface area (Å²) in [5.41, 5.74) is 1.47. The number of ether oxygens (including phenoxy) is 1. The highest BCUT2D eigenvalue weighted by atomic mass is 16.5. The number of aryl methyl sites for hydroxylation is 2. The van der Waals surface area contributed by atoms with Crippen LogP contribution >= 0.6 is 0 Å². The van der Waals surface area contributed by atoms with Crippen molar-refractivity contribution in [1.82, 2.24) is 19.6 Å². The van der Waals surface area contributed by atoms with Crippen molar-refractivity contribution < 1.29 is 14.3 Å². The molecule has 3 aliphatic rings. The van der Waals surface area contributed by atoms with Gasteiger partial charge in [0.25, 0.3) is 0 Å². The fourth-order valence-electron chi connectivity index (χ4n) is 5.09. The van der Waals surface area contributed by atoms with E-state index in [9.17, 15) is 9.59 Å². The van der Waals surface area contributed by atoms with Gasteiger partial charge in [0, 0.05) is 38.3 Å². The van der Waals surface area contributed by atoms with E-state index in [1.54, 1.807) is 10.9 Å². The van der Waals surface area contributed by atoms with E-state index in [0.29, 0.717) is 38.8 Å². The Kier molecular flexibility index (Phi) is 4.01. The highest BCUT2D eigenvalue weighted by Gasteiger charge is 2.65. The van der Waals surface area contributed by atoms with E-state index < -0.39 is 5.72 Å². The molecule has 1 aromatic heterocycles. The zero-order chi connectivity index (χ0) is 19.3. The number of amides is 2. The summed E-state index contributed by atoms with van der Waals surface area (Å²) in [6.45, 7) is 1.13. The van der Waals surface area contributed by atoms with Crippen LogP contribution < -0.4 is 0 Å². The second kappa shape index (κ2) is 6.44. The van der Waals surface area contributed by atoms with Crippen molar-refractivity contribution in [1.29, 1.82) is 0 Å². The summed E-state index contributed by atoms with van der Waals surface area (Å²) in [4.78, 5) is 29.6. The molecule has 3 saturated heterocycles. The van der Waals surface area contributed by atoms with Gasteiger partial charge in [-0.25, -0.2) is 0 Å². The van der Waals surface area contributed by atoms with Crippen molar-refractivity contribution in [2.24, 2.45) is 7.05 Å². The summed E-state index contributed by atoms with van der Waals surface area (Å²) in [6.07, 6.45) is 3.85. The Morgan fingerprint density at radius 2 is 2.11 bits per heavy atom. The second-order valence-corrected chi connectivity index (χ2v) is 7.85. The lowest BCUT2D eigenvalue weighted by molar-refractivity contribution is -0.141. The first-order valence-electron chi connectivity index (χ1n) is 9.87. The lowest BCUT2D eigenvalue weighted by Gasteiger charge is -2.33. The van der Waals surface area contributed by atoms with Gasteiger partial charge in [-0.05, 0) is 18.1 Å². The third kappa shape index (κ3) is 2.49. The second-order valence-electron chi connectivity index (χ2n) is 7.85. The van der Waals surface area contributed by atoms with Crippen LogP contribution in [0.15, 0.2) is 42.6 Å². The molecule has 5 rings (SSSR count). The van der Waals surface area contributed by atoms with Gasteiger partial charge in [0.1, 0.15) is 0 Å². The molecule has 4 heterocycles. The van der Waals surface area contributed by atoms with E-state index in [1.807, 2.05) is 53.2 Å². The van der Waals surface area contributed by atoms with E-state index >= 15 is 0 Å². The van der Waals surface area contributed by atoms with Crippen LogP contribution in [0.3, 0.4) is 0 Å². The summed E-state index contributed by atoms with van der Waals surface area (Å²) in [7, 11) is 1.88. The maximum Gasteiger partial charge on any atom is 0.227 e. The summed E-state index contributed by atoms with van der Waals surface area (Å²) >= 11 is 0. The smallest absolute Gasteiger partial charge is 0.227 e. The Labute approximate surface area is 163 Å². The number of nitrogens with zero attached hydrogens (tertiary/aromatic N) is 4. The molecule has 146 valence electrons. The number of carbonyl (C=O) groups excluding carboxylic acids is 2. The third-order valence-corrected chi connectivity index (χ3v) is 6.48. The first kappa shape index (κ1) is 17.4. The van der Waals surface area contributed by atoms with Crippen LogP contribution in [0.1, 0.15) is 36.6 Å². The van der Waals surface area contributed by atoms with Gasteiger partial charge in [-0.1, -0.05) is 30.3 Å². The third-order valence-electron chi connectivity index (χ3n) is 6.48. The van der Waals surface area contributed by atoms with Crippen LogP contribution in [0, 0.1) is 0 Å². The minimum atomic E-state index is -0.653. The van der Waals surface area contributed by atoms with Gasteiger partial charge < -0.3 is 14.5 Å². The molecule has 0 bridgehead atoms. The fraction of sp³-hybridized carbons (Fsp3) is 0.476.